The van der Waals surface area contributed by atoms with Crippen molar-refractivity contribution >= 4 is 10.9 Å². The van der Waals surface area contributed by atoms with Crippen LogP contribution in [-0.2, 0) is 17.8 Å². The molecule has 188 valence electrons. The van der Waals surface area contributed by atoms with Gasteiger partial charge >= 0.3 is 0 Å². The van der Waals surface area contributed by atoms with Gasteiger partial charge in [0, 0.05) is 35.7 Å². The summed E-state index contributed by atoms with van der Waals surface area (Å²) in [6, 6.07) is 8.16. The smallest absolute Gasteiger partial charge is 0.252 e. The Morgan fingerprint density at radius 3 is 2.80 bits per heavy atom. The minimum atomic E-state index is -0.0442. The first kappa shape index (κ1) is 23.9. The number of fused-ring (bicyclic) bond motifs is 1. The third-order valence-corrected chi connectivity index (χ3v) is 7.57. The van der Waals surface area contributed by atoms with Crippen LogP contribution in [0.15, 0.2) is 29.1 Å². The van der Waals surface area contributed by atoms with Gasteiger partial charge in [0.05, 0.1) is 25.8 Å². The van der Waals surface area contributed by atoms with Crippen LogP contribution in [-0.4, -0.2) is 56.0 Å². The Balaban J connectivity index is 1.48. The quantitative estimate of drug-likeness (QED) is 0.494. The van der Waals surface area contributed by atoms with E-state index in [9.17, 15) is 4.79 Å². The minimum absolute atomic E-state index is 0.0231. The van der Waals surface area contributed by atoms with E-state index < -0.39 is 0 Å². The Morgan fingerprint density at radius 1 is 1.20 bits per heavy atom. The van der Waals surface area contributed by atoms with Crippen LogP contribution >= 0.6 is 0 Å². The Kier molecular flexibility index (Phi) is 7.43. The van der Waals surface area contributed by atoms with Crippen molar-refractivity contribution in [2.75, 3.05) is 13.7 Å². The summed E-state index contributed by atoms with van der Waals surface area (Å²) in [5.74, 6) is 1.65. The van der Waals surface area contributed by atoms with Crippen molar-refractivity contribution in [2.24, 2.45) is 0 Å². The Hall–Kier alpha value is -2.78. The van der Waals surface area contributed by atoms with Gasteiger partial charge in [0.15, 0.2) is 5.82 Å². The Morgan fingerprint density at radius 2 is 2.06 bits per heavy atom. The summed E-state index contributed by atoms with van der Waals surface area (Å²) in [5.41, 5.74) is 1.53. The molecule has 5 rings (SSSR count). The molecule has 0 radical (unpaired) electrons. The summed E-state index contributed by atoms with van der Waals surface area (Å²) >= 11 is 0. The van der Waals surface area contributed by atoms with E-state index in [1.165, 1.54) is 19.3 Å². The summed E-state index contributed by atoms with van der Waals surface area (Å²) in [4.78, 5) is 18.7. The summed E-state index contributed by atoms with van der Waals surface area (Å²) in [5, 5.41) is 13.8. The van der Waals surface area contributed by atoms with Crippen LogP contribution in [0.1, 0.15) is 75.7 Å². The lowest BCUT2D eigenvalue weighted by molar-refractivity contribution is 0.0734. The highest BCUT2D eigenvalue weighted by Gasteiger charge is 2.32. The van der Waals surface area contributed by atoms with Crippen molar-refractivity contribution < 1.29 is 9.47 Å². The van der Waals surface area contributed by atoms with E-state index in [-0.39, 0.29) is 17.7 Å². The Labute approximate surface area is 205 Å². The van der Waals surface area contributed by atoms with Gasteiger partial charge in [-0.1, -0.05) is 26.2 Å². The molecule has 2 aliphatic rings. The van der Waals surface area contributed by atoms with Crippen LogP contribution in [0, 0.1) is 0 Å². The second kappa shape index (κ2) is 10.9. The van der Waals surface area contributed by atoms with Crippen molar-refractivity contribution in [3.8, 4) is 5.75 Å². The Bertz CT molecular complexity index is 1180. The van der Waals surface area contributed by atoms with Gasteiger partial charge < -0.3 is 14.5 Å². The number of H-pyrrole nitrogens is 1. The van der Waals surface area contributed by atoms with Crippen molar-refractivity contribution in [3.63, 3.8) is 0 Å². The number of aromatic amines is 1. The maximum Gasteiger partial charge on any atom is 0.252 e. The largest absolute Gasteiger partial charge is 0.497 e. The number of tetrazole rings is 1. The van der Waals surface area contributed by atoms with Crippen LogP contribution in [0.3, 0.4) is 0 Å². The number of aromatic nitrogens is 5. The summed E-state index contributed by atoms with van der Waals surface area (Å²) in [7, 11) is 1.66. The molecule has 0 bridgehead atoms. The molecule has 9 nitrogen and oxygen atoms in total. The van der Waals surface area contributed by atoms with Crippen molar-refractivity contribution in [2.45, 2.75) is 89.6 Å². The van der Waals surface area contributed by atoms with E-state index in [1.54, 1.807) is 7.11 Å². The van der Waals surface area contributed by atoms with Crippen LogP contribution in [0.2, 0.25) is 0 Å². The van der Waals surface area contributed by atoms with Crippen LogP contribution in [0.25, 0.3) is 10.9 Å². The predicted molar refractivity (Wildman–Crippen MR) is 133 cm³/mol. The van der Waals surface area contributed by atoms with Gasteiger partial charge in [0.2, 0.25) is 0 Å². The zero-order chi connectivity index (χ0) is 24.2. The fourth-order valence-corrected chi connectivity index (χ4v) is 5.70. The van der Waals surface area contributed by atoms with Gasteiger partial charge in [0.25, 0.3) is 5.56 Å². The summed E-state index contributed by atoms with van der Waals surface area (Å²) in [6.07, 6.45) is 9.10. The fraction of sp³-hybridized carbons (Fsp3) is 0.615. The van der Waals surface area contributed by atoms with Gasteiger partial charge in [0.1, 0.15) is 5.75 Å². The van der Waals surface area contributed by atoms with Crippen molar-refractivity contribution in [1.29, 1.82) is 0 Å². The molecular weight excluding hydrogens is 444 g/mol. The number of pyridine rings is 1. The van der Waals surface area contributed by atoms with E-state index in [0.29, 0.717) is 19.1 Å². The molecule has 1 aromatic carbocycles. The summed E-state index contributed by atoms with van der Waals surface area (Å²) in [6.45, 7) is 4.22. The van der Waals surface area contributed by atoms with Crippen LogP contribution in [0.4, 0.5) is 0 Å². The second-order valence-corrected chi connectivity index (χ2v) is 9.82. The number of rotatable bonds is 9. The highest BCUT2D eigenvalue weighted by atomic mass is 16.5. The standard InChI is InChI=1S/C26H36N6O3/c1-3-24(25-28-29-30-32(25)17-22-10-7-13-35-22)31(20-8-5-4-6-9-20)16-19-14-18-15-21(34-2)11-12-23(18)27-26(19)33/h11-12,14-15,20,22,24H,3-10,13,16-17H2,1-2H3,(H,27,33)/t22-,24+/m0/s1. The first-order valence-corrected chi connectivity index (χ1v) is 13.0. The zero-order valence-electron chi connectivity index (χ0n) is 20.8. The number of methoxy groups -OCH3 is 1. The topological polar surface area (TPSA) is 98.2 Å². The first-order chi connectivity index (χ1) is 17.2. The molecule has 35 heavy (non-hydrogen) atoms. The number of nitrogens with zero attached hydrogens (tertiary/aromatic N) is 5. The molecule has 9 heteroatoms. The molecule has 2 aromatic heterocycles. The highest BCUT2D eigenvalue weighted by Crippen LogP contribution is 2.33. The van der Waals surface area contributed by atoms with E-state index in [0.717, 1.165) is 66.8 Å². The molecule has 0 spiro atoms. The van der Waals surface area contributed by atoms with E-state index in [2.05, 4.69) is 32.3 Å². The third-order valence-electron chi connectivity index (χ3n) is 7.57. The number of ether oxygens (including phenoxy) is 2. The van der Waals surface area contributed by atoms with Gasteiger partial charge in [-0.15, -0.1) is 5.10 Å². The molecule has 1 N–H and O–H groups in total. The fourth-order valence-electron chi connectivity index (χ4n) is 5.70. The SMILES string of the molecule is CC[C@H](c1nnnn1C[C@@H]1CCCO1)N(Cc1cc2cc(OC)ccc2[nH]c1=O)C1CCCCC1. The number of nitrogens with one attached hydrogen (secondary N) is 1. The molecule has 3 aromatic rings. The lowest BCUT2D eigenvalue weighted by Crippen LogP contribution is -2.41. The van der Waals surface area contributed by atoms with Crippen LogP contribution < -0.4 is 10.3 Å². The van der Waals surface area contributed by atoms with E-state index in [1.807, 2.05) is 28.9 Å². The molecule has 0 unspecified atom stereocenters. The molecule has 2 atom stereocenters. The van der Waals surface area contributed by atoms with Gasteiger partial charge in [-0.05, 0) is 66.8 Å². The van der Waals surface area contributed by atoms with Gasteiger partial charge in [-0.3, -0.25) is 9.69 Å². The predicted octanol–water partition coefficient (Wildman–Crippen LogP) is 3.99. The number of hydrogen-bond acceptors (Lipinski definition) is 7. The number of hydrogen-bond donors (Lipinski definition) is 1. The lowest BCUT2D eigenvalue weighted by Gasteiger charge is -2.39. The average Bonchev–Trinajstić information content (AvgIpc) is 3.57. The summed E-state index contributed by atoms with van der Waals surface area (Å²) < 4.78 is 13.2. The molecule has 1 aliphatic carbocycles. The molecule has 1 saturated heterocycles. The molecule has 1 saturated carbocycles. The molecule has 1 aliphatic heterocycles. The maximum atomic E-state index is 13.1. The van der Waals surface area contributed by atoms with E-state index >= 15 is 0 Å². The highest BCUT2D eigenvalue weighted by molar-refractivity contribution is 5.80. The maximum absolute atomic E-state index is 13.1. The van der Waals surface area contributed by atoms with Crippen molar-refractivity contribution in [3.05, 3.63) is 46.0 Å². The van der Waals surface area contributed by atoms with E-state index in [4.69, 9.17) is 9.47 Å². The normalized spacial score (nSPS) is 20.0. The lowest BCUT2D eigenvalue weighted by atomic mass is 9.92. The monoisotopic (exact) mass is 480 g/mol. The molecular formula is C26H36N6O3. The molecule has 0 amide bonds. The van der Waals surface area contributed by atoms with Gasteiger partial charge in [-0.25, -0.2) is 4.68 Å². The second-order valence-electron chi connectivity index (χ2n) is 9.82. The third kappa shape index (κ3) is 5.26. The van der Waals surface area contributed by atoms with Crippen molar-refractivity contribution in [1.82, 2.24) is 30.1 Å². The van der Waals surface area contributed by atoms with Gasteiger partial charge in [-0.2, -0.15) is 0 Å². The minimum Gasteiger partial charge on any atom is -0.497 e. The average molecular weight is 481 g/mol. The molecule has 3 heterocycles. The first-order valence-electron chi connectivity index (χ1n) is 13.0. The number of benzene rings is 1. The zero-order valence-corrected chi connectivity index (χ0v) is 20.8. The van der Waals surface area contributed by atoms with Crippen LogP contribution in [0.5, 0.6) is 5.75 Å². The molecule has 2 fully saturated rings.